The number of hydrogen-bond acceptors (Lipinski definition) is 8. The van der Waals surface area contributed by atoms with Crippen LogP contribution in [0.2, 0.25) is 0 Å². The lowest BCUT2D eigenvalue weighted by atomic mass is 10.2. The number of nitrogens with one attached hydrogen (secondary N) is 2. The molecule has 8 nitrogen and oxygen atoms in total. The van der Waals surface area contributed by atoms with E-state index in [1.165, 1.54) is 0 Å². The van der Waals surface area contributed by atoms with Crippen LogP contribution in [0.1, 0.15) is 23.0 Å². The summed E-state index contributed by atoms with van der Waals surface area (Å²) in [6.45, 7) is 9.38. The van der Waals surface area contributed by atoms with Crippen molar-refractivity contribution in [3.05, 3.63) is 41.6 Å². The first-order valence-electron chi connectivity index (χ1n) is 9.58. The maximum Gasteiger partial charge on any atom is 0.338 e. The van der Waals surface area contributed by atoms with E-state index in [-0.39, 0.29) is 5.97 Å². The van der Waals surface area contributed by atoms with Gasteiger partial charge in [0.2, 0.25) is 5.95 Å². The number of rotatable bonds is 8. The van der Waals surface area contributed by atoms with Crippen LogP contribution in [0, 0.1) is 6.92 Å². The molecule has 3 rings (SSSR count). The van der Waals surface area contributed by atoms with Crippen LogP contribution in [-0.4, -0.2) is 66.8 Å². The molecule has 150 valence electrons. The number of aryl methyl sites for hydroxylation is 1. The van der Waals surface area contributed by atoms with Crippen molar-refractivity contribution in [1.29, 1.82) is 0 Å². The molecule has 2 heterocycles. The fraction of sp³-hybridized carbons (Fsp3) is 0.450. The van der Waals surface area contributed by atoms with Crippen LogP contribution in [0.5, 0.6) is 0 Å². The SMILES string of the molecule is CCOC(=O)c1ccc(Nc2nc(C)cc(NCCN3CCOCC3)n2)cc1. The van der Waals surface area contributed by atoms with Crippen molar-refractivity contribution in [3.63, 3.8) is 0 Å². The van der Waals surface area contributed by atoms with E-state index in [1.54, 1.807) is 19.1 Å². The Morgan fingerprint density at radius 3 is 2.68 bits per heavy atom. The van der Waals surface area contributed by atoms with Gasteiger partial charge in [0.15, 0.2) is 0 Å². The van der Waals surface area contributed by atoms with E-state index in [0.29, 0.717) is 18.1 Å². The molecule has 0 bridgehead atoms. The van der Waals surface area contributed by atoms with Crippen molar-refractivity contribution in [3.8, 4) is 0 Å². The Morgan fingerprint density at radius 2 is 1.96 bits per heavy atom. The van der Waals surface area contributed by atoms with E-state index in [0.717, 1.165) is 56.6 Å². The van der Waals surface area contributed by atoms with Gasteiger partial charge < -0.3 is 20.1 Å². The van der Waals surface area contributed by atoms with Gasteiger partial charge in [-0.3, -0.25) is 4.90 Å². The van der Waals surface area contributed by atoms with Gasteiger partial charge in [0, 0.05) is 43.6 Å². The number of carbonyl (C=O) groups excluding carboxylic acids is 1. The van der Waals surface area contributed by atoms with E-state index in [9.17, 15) is 4.79 Å². The molecule has 8 heteroatoms. The van der Waals surface area contributed by atoms with Crippen LogP contribution in [0.25, 0.3) is 0 Å². The molecule has 0 amide bonds. The van der Waals surface area contributed by atoms with E-state index < -0.39 is 0 Å². The lowest BCUT2D eigenvalue weighted by Crippen LogP contribution is -2.39. The third-order valence-corrected chi connectivity index (χ3v) is 4.34. The number of aromatic nitrogens is 2. The highest BCUT2D eigenvalue weighted by atomic mass is 16.5. The van der Waals surface area contributed by atoms with Crippen LogP contribution < -0.4 is 10.6 Å². The zero-order valence-corrected chi connectivity index (χ0v) is 16.4. The molecule has 1 fully saturated rings. The first-order chi connectivity index (χ1) is 13.6. The second-order valence-corrected chi connectivity index (χ2v) is 6.52. The highest BCUT2D eigenvalue weighted by Gasteiger charge is 2.10. The Balaban J connectivity index is 1.57. The van der Waals surface area contributed by atoms with E-state index in [4.69, 9.17) is 9.47 Å². The molecule has 0 aliphatic carbocycles. The smallest absolute Gasteiger partial charge is 0.338 e. The number of morpholine rings is 1. The minimum absolute atomic E-state index is 0.326. The summed E-state index contributed by atoms with van der Waals surface area (Å²) in [4.78, 5) is 23.1. The number of anilines is 3. The summed E-state index contributed by atoms with van der Waals surface area (Å²) in [5.41, 5.74) is 2.19. The Labute approximate surface area is 165 Å². The normalized spacial score (nSPS) is 14.5. The highest BCUT2D eigenvalue weighted by molar-refractivity contribution is 5.89. The van der Waals surface area contributed by atoms with Crippen molar-refractivity contribution >= 4 is 23.4 Å². The average Bonchev–Trinajstić information content (AvgIpc) is 2.69. The van der Waals surface area contributed by atoms with Gasteiger partial charge in [-0.1, -0.05) is 0 Å². The zero-order chi connectivity index (χ0) is 19.8. The standard InChI is InChI=1S/C20H27N5O3/c1-3-28-19(26)16-4-6-17(7-5-16)23-20-22-15(2)14-18(24-20)21-8-9-25-10-12-27-13-11-25/h4-7,14H,3,8-13H2,1-2H3,(H2,21,22,23,24). The number of esters is 1. The summed E-state index contributed by atoms with van der Waals surface area (Å²) in [5, 5.41) is 6.54. The fourth-order valence-corrected chi connectivity index (χ4v) is 2.92. The molecule has 0 unspecified atom stereocenters. The van der Waals surface area contributed by atoms with Crippen molar-refractivity contribution in [2.24, 2.45) is 0 Å². The molecule has 0 atom stereocenters. The Hall–Kier alpha value is -2.71. The first kappa shape index (κ1) is 20.0. The summed E-state index contributed by atoms with van der Waals surface area (Å²) in [6, 6.07) is 8.98. The molecule has 28 heavy (non-hydrogen) atoms. The molecule has 2 aromatic rings. The molecule has 1 aliphatic heterocycles. The van der Waals surface area contributed by atoms with Gasteiger partial charge in [-0.2, -0.15) is 4.98 Å². The minimum Gasteiger partial charge on any atom is -0.462 e. The maximum absolute atomic E-state index is 11.7. The first-order valence-corrected chi connectivity index (χ1v) is 9.58. The molecule has 0 saturated carbocycles. The van der Waals surface area contributed by atoms with Crippen LogP contribution in [0.3, 0.4) is 0 Å². The van der Waals surface area contributed by atoms with Crippen molar-refractivity contribution in [2.75, 3.05) is 56.6 Å². The maximum atomic E-state index is 11.7. The Morgan fingerprint density at radius 1 is 1.21 bits per heavy atom. The summed E-state index contributed by atoms with van der Waals surface area (Å²) in [5.74, 6) is 0.969. The van der Waals surface area contributed by atoms with Crippen molar-refractivity contribution in [2.45, 2.75) is 13.8 Å². The monoisotopic (exact) mass is 385 g/mol. The van der Waals surface area contributed by atoms with Crippen LogP contribution >= 0.6 is 0 Å². The predicted octanol–water partition coefficient (Wildman–Crippen LogP) is 2.45. The molecule has 0 spiro atoms. The highest BCUT2D eigenvalue weighted by Crippen LogP contribution is 2.17. The number of nitrogens with zero attached hydrogens (tertiary/aromatic N) is 3. The van der Waals surface area contributed by atoms with E-state index in [1.807, 2.05) is 25.1 Å². The number of benzene rings is 1. The van der Waals surface area contributed by atoms with Crippen LogP contribution in [0.15, 0.2) is 30.3 Å². The van der Waals surface area contributed by atoms with Crippen LogP contribution in [-0.2, 0) is 9.47 Å². The number of hydrogen-bond donors (Lipinski definition) is 2. The van der Waals surface area contributed by atoms with Crippen molar-refractivity contribution in [1.82, 2.24) is 14.9 Å². The van der Waals surface area contributed by atoms with E-state index >= 15 is 0 Å². The third kappa shape index (κ3) is 5.90. The molecule has 1 saturated heterocycles. The van der Waals surface area contributed by atoms with Gasteiger partial charge in [-0.15, -0.1) is 0 Å². The molecule has 1 aromatic carbocycles. The van der Waals surface area contributed by atoms with Crippen molar-refractivity contribution < 1.29 is 14.3 Å². The predicted molar refractivity (Wildman–Crippen MR) is 108 cm³/mol. The largest absolute Gasteiger partial charge is 0.462 e. The van der Waals surface area contributed by atoms with Gasteiger partial charge in [0.25, 0.3) is 0 Å². The minimum atomic E-state index is -0.326. The zero-order valence-electron chi connectivity index (χ0n) is 16.4. The Bertz CT molecular complexity index is 776. The molecular weight excluding hydrogens is 358 g/mol. The summed E-state index contributed by atoms with van der Waals surface area (Å²) in [7, 11) is 0. The summed E-state index contributed by atoms with van der Waals surface area (Å²) < 4.78 is 10.4. The lowest BCUT2D eigenvalue weighted by molar-refractivity contribution is 0.0398. The second-order valence-electron chi connectivity index (χ2n) is 6.52. The van der Waals surface area contributed by atoms with Gasteiger partial charge in [0.05, 0.1) is 25.4 Å². The van der Waals surface area contributed by atoms with Gasteiger partial charge in [0.1, 0.15) is 5.82 Å². The number of carbonyl (C=O) groups is 1. The fourth-order valence-electron chi connectivity index (χ4n) is 2.92. The average molecular weight is 385 g/mol. The number of ether oxygens (including phenoxy) is 2. The van der Waals surface area contributed by atoms with Gasteiger partial charge >= 0.3 is 5.97 Å². The summed E-state index contributed by atoms with van der Waals surface area (Å²) in [6.07, 6.45) is 0. The second kappa shape index (κ2) is 10.0. The molecule has 2 N–H and O–H groups in total. The molecule has 0 radical (unpaired) electrons. The Kier molecular flexibility index (Phi) is 7.16. The third-order valence-electron chi connectivity index (χ3n) is 4.34. The lowest BCUT2D eigenvalue weighted by Gasteiger charge is -2.26. The van der Waals surface area contributed by atoms with Gasteiger partial charge in [-0.25, -0.2) is 9.78 Å². The topological polar surface area (TPSA) is 88.6 Å². The van der Waals surface area contributed by atoms with Crippen LogP contribution in [0.4, 0.5) is 17.5 Å². The van der Waals surface area contributed by atoms with Gasteiger partial charge in [-0.05, 0) is 38.1 Å². The quantitative estimate of drug-likeness (QED) is 0.670. The molecule has 1 aromatic heterocycles. The molecule has 1 aliphatic rings. The molecular formula is C20H27N5O3. The summed E-state index contributed by atoms with van der Waals surface area (Å²) >= 11 is 0. The van der Waals surface area contributed by atoms with E-state index in [2.05, 4.69) is 25.5 Å².